The van der Waals surface area contributed by atoms with Crippen molar-refractivity contribution >= 4 is 21.4 Å². The summed E-state index contributed by atoms with van der Waals surface area (Å²) in [6.45, 7) is 1.71. The molecule has 110 valence electrons. The van der Waals surface area contributed by atoms with Crippen molar-refractivity contribution in [2.45, 2.75) is 13.3 Å². The molecule has 1 aromatic rings. The molecule has 0 radical (unpaired) electrons. The number of nitro benzene ring substituents is 1. The molecule has 0 spiro atoms. The van der Waals surface area contributed by atoms with Gasteiger partial charge in [0.25, 0.3) is 11.6 Å². The second-order valence-corrected chi connectivity index (χ2v) is 6.71. The van der Waals surface area contributed by atoms with E-state index in [0.717, 1.165) is 6.26 Å². The maximum atomic E-state index is 11.9. The van der Waals surface area contributed by atoms with Crippen molar-refractivity contribution in [3.05, 3.63) is 39.4 Å². The van der Waals surface area contributed by atoms with Crippen LogP contribution in [0.15, 0.2) is 18.2 Å². The van der Waals surface area contributed by atoms with Gasteiger partial charge in [0.15, 0.2) is 0 Å². The Balaban J connectivity index is 2.69. The molecule has 1 N–H and O–H groups in total. The van der Waals surface area contributed by atoms with Gasteiger partial charge in [0.2, 0.25) is 0 Å². The molecule has 0 aliphatic heterocycles. The first kappa shape index (κ1) is 16.1. The molecule has 0 saturated heterocycles. The molecule has 0 unspecified atom stereocenters. The van der Waals surface area contributed by atoms with Crippen molar-refractivity contribution in [2.75, 3.05) is 18.6 Å². The number of amides is 1. The second-order valence-electron chi connectivity index (χ2n) is 4.45. The summed E-state index contributed by atoms with van der Waals surface area (Å²) in [6, 6.07) is 4.26. The van der Waals surface area contributed by atoms with Gasteiger partial charge in [-0.1, -0.05) is 6.07 Å². The summed E-state index contributed by atoms with van der Waals surface area (Å²) in [4.78, 5) is 22.1. The fraction of sp³-hybridized carbons (Fsp3) is 0.417. The molecule has 0 aliphatic rings. The van der Waals surface area contributed by atoms with E-state index in [9.17, 15) is 23.3 Å². The number of carbonyl (C=O) groups excluding carboxylic acids is 1. The van der Waals surface area contributed by atoms with E-state index in [1.165, 1.54) is 25.1 Å². The lowest BCUT2D eigenvalue weighted by molar-refractivity contribution is -0.385. The normalized spacial score (nSPS) is 11.1. The average molecular weight is 300 g/mol. The van der Waals surface area contributed by atoms with Gasteiger partial charge in [0.1, 0.15) is 9.84 Å². The lowest BCUT2D eigenvalue weighted by Gasteiger charge is -2.07. The number of hydrogen-bond acceptors (Lipinski definition) is 5. The molecule has 1 aromatic carbocycles. The number of rotatable bonds is 6. The fourth-order valence-corrected chi connectivity index (χ4v) is 2.37. The number of carbonyl (C=O) groups is 1. The Bertz CT molecular complexity index is 625. The summed E-state index contributed by atoms with van der Waals surface area (Å²) in [5, 5.41) is 13.3. The summed E-state index contributed by atoms with van der Waals surface area (Å²) in [7, 11) is -3.05. The van der Waals surface area contributed by atoms with E-state index in [-0.39, 0.29) is 29.1 Å². The highest BCUT2D eigenvalue weighted by atomic mass is 32.2. The maximum absolute atomic E-state index is 11.9. The molecule has 0 saturated carbocycles. The Morgan fingerprint density at radius 1 is 1.40 bits per heavy atom. The van der Waals surface area contributed by atoms with Crippen LogP contribution >= 0.6 is 0 Å². The predicted molar refractivity (Wildman–Crippen MR) is 74.5 cm³/mol. The summed E-state index contributed by atoms with van der Waals surface area (Å²) in [5.41, 5.74) is 0.394. The molecule has 8 heteroatoms. The number of hydrogen-bond donors (Lipinski definition) is 1. The van der Waals surface area contributed by atoms with Crippen molar-refractivity contribution < 1.29 is 18.1 Å². The molecule has 0 aliphatic carbocycles. The zero-order valence-electron chi connectivity index (χ0n) is 11.3. The van der Waals surface area contributed by atoms with E-state index < -0.39 is 20.7 Å². The van der Waals surface area contributed by atoms with Crippen LogP contribution in [0.5, 0.6) is 0 Å². The molecular formula is C12H16N2O5S. The molecule has 0 fully saturated rings. The Hall–Kier alpha value is -1.96. The maximum Gasteiger partial charge on any atom is 0.273 e. The summed E-state index contributed by atoms with van der Waals surface area (Å²) in [5.74, 6) is -0.457. The molecule has 20 heavy (non-hydrogen) atoms. The van der Waals surface area contributed by atoms with E-state index >= 15 is 0 Å². The minimum atomic E-state index is -3.05. The SMILES string of the molecule is Cc1c(C(=O)NCCCS(C)(=O)=O)cccc1[N+](=O)[O-]. The predicted octanol–water partition coefficient (Wildman–Crippen LogP) is 1.07. The standard InChI is InChI=1S/C12H16N2O5S/c1-9-10(5-3-6-11(9)14(16)17)12(15)13-7-4-8-20(2,18)19/h3,5-6H,4,7-8H2,1-2H3,(H,13,15). The molecular weight excluding hydrogens is 284 g/mol. The molecule has 1 amide bonds. The number of nitrogens with zero attached hydrogens (tertiary/aromatic N) is 1. The Morgan fingerprint density at radius 2 is 2.05 bits per heavy atom. The van der Waals surface area contributed by atoms with Gasteiger partial charge in [-0.15, -0.1) is 0 Å². The first-order valence-corrected chi connectivity index (χ1v) is 7.98. The lowest BCUT2D eigenvalue weighted by atomic mass is 10.1. The van der Waals surface area contributed by atoms with Crippen molar-refractivity contribution in [1.82, 2.24) is 5.32 Å². The molecule has 7 nitrogen and oxygen atoms in total. The minimum absolute atomic E-state index is 0.0127. The van der Waals surface area contributed by atoms with Crippen molar-refractivity contribution in [3.63, 3.8) is 0 Å². The first-order valence-electron chi connectivity index (χ1n) is 5.92. The van der Waals surface area contributed by atoms with Gasteiger partial charge in [-0.05, 0) is 19.4 Å². The third-order valence-electron chi connectivity index (χ3n) is 2.72. The average Bonchev–Trinajstić information content (AvgIpc) is 2.33. The third kappa shape index (κ3) is 4.61. The van der Waals surface area contributed by atoms with Crippen LogP contribution in [0.1, 0.15) is 22.3 Å². The van der Waals surface area contributed by atoms with Gasteiger partial charge in [-0.3, -0.25) is 14.9 Å². The van der Waals surface area contributed by atoms with Gasteiger partial charge in [-0.25, -0.2) is 8.42 Å². The lowest BCUT2D eigenvalue weighted by Crippen LogP contribution is -2.26. The largest absolute Gasteiger partial charge is 0.352 e. The zero-order chi connectivity index (χ0) is 15.3. The monoisotopic (exact) mass is 300 g/mol. The Morgan fingerprint density at radius 3 is 2.60 bits per heavy atom. The number of benzene rings is 1. The second kappa shape index (κ2) is 6.47. The van der Waals surface area contributed by atoms with E-state index in [4.69, 9.17) is 0 Å². The van der Waals surface area contributed by atoms with Crippen LogP contribution in [-0.4, -0.2) is 37.8 Å². The van der Waals surface area contributed by atoms with Crippen LogP contribution in [0.4, 0.5) is 5.69 Å². The van der Waals surface area contributed by atoms with E-state index in [1.54, 1.807) is 0 Å². The van der Waals surface area contributed by atoms with Crippen molar-refractivity contribution in [3.8, 4) is 0 Å². The highest BCUT2D eigenvalue weighted by Crippen LogP contribution is 2.20. The van der Waals surface area contributed by atoms with Gasteiger partial charge < -0.3 is 5.32 Å². The van der Waals surface area contributed by atoms with Crippen molar-refractivity contribution in [1.29, 1.82) is 0 Å². The fourth-order valence-electron chi connectivity index (χ4n) is 1.70. The van der Waals surface area contributed by atoms with Crippen molar-refractivity contribution in [2.24, 2.45) is 0 Å². The van der Waals surface area contributed by atoms with Crippen LogP contribution in [0, 0.1) is 17.0 Å². The number of nitro groups is 1. The molecule has 0 atom stereocenters. The molecule has 0 aromatic heterocycles. The van der Waals surface area contributed by atoms with Crippen LogP contribution in [-0.2, 0) is 9.84 Å². The summed E-state index contributed by atoms with van der Waals surface area (Å²) in [6.07, 6.45) is 1.43. The smallest absolute Gasteiger partial charge is 0.273 e. The van der Waals surface area contributed by atoms with Gasteiger partial charge in [-0.2, -0.15) is 0 Å². The highest BCUT2D eigenvalue weighted by molar-refractivity contribution is 7.90. The molecule has 0 heterocycles. The Kier molecular flexibility index (Phi) is 5.20. The van der Waals surface area contributed by atoms with E-state index in [1.807, 2.05) is 0 Å². The van der Waals surface area contributed by atoms with Crippen LogP contribution in [0.2, 0.25) is 0 Å². The zero-order valence-corrected chi connectivity index (χ0v) is 12.1. The van der Waals surface area contributed by atoms with Crippen LogP contribution < -0.4 is 5.32 Å². The van der Waals surface area contributed by atoms with Gasteiger partial charge in [0, 0.05) is 30.0 Å². The summed E-state index contributed by atoms with van der Waals surface area (Å²) >= 11 is 0. The van der Waals surface area contributed by atoms with E-state index in [2.05, 4.69) is 5.32 Å². The van der Waals surface area contributed by atoms with E-state index in [0.29, 0.717) is 6.42 Å². The quantitative estimate of drug-likeness (QED) is 0.480. The molecule has 0 bridgehead atoms. The minimum Gasteiger partial charge on any atom is -0.352 e. The first-order chi connectivity index (χ1) is 9.22. The topological polar surface area (TPSA) is 106 Å². The van der Waals surface area contributed by atoms with Gasteiger partial charge >= 0.3 is 0 Å². The highest BCUT2D eigenvalue weighted by Gasteiger charge is 2.17. The molecule has 1 rings (SSSR count). The van der Waals surface area contributed by atoms with Crippen LogP contribution in [0.3, 0.4) is 0 Å². The third-order valence-corrected chi connectivity index (χ3v) is 3.75. The summed E-state index contributed by atoms with van der Waals surface area (Å²) < 4.78 is 21.9. The Labute approximate surface area is 117 Å². The number of nitrogens with one attached hydrogen (secondary N) is 1. The van der Waals surface area contributed by atoms with Gasteiger partial charge in [0.05, 0.1) is 10.7 Å². The number of sulfone groups is 1. The van der Waals surface area contributed by atoms with Crippen LogP contribution in [0.25, 0.3) is 0 Å².